The Bertz CT molecular complexity index is 659. The molecule has 1 aliphatic rings. The van der Waals surface area contributed by atoms with Gasteiger partial charge in [0.15, 0.2) is 0 Å². The number of rotatable bonds is 7. The van der Waals surface area contributed by atoms with Crippen LogP contribution >= 0.6 is 0 Å². The van der Waals surface area contributed by atoms with Gasteiger partial charge in [-0.1, -0.05) is 37.3 Å². The summed E-state index contributed by atoms with van der Waals surface area (Å²) < 4.78 is 0. The summed E-state index contributed by atoms with van der Waals surface area (Å²) in [6.07, 6.45) is 9.37. The lowest BCUT2D eigenvalue weighted by atomic mass is 9.85. The molecule has 1 heterocycles. The molecular formula is C22H34N2O2. The number of allylic oxidation sites excluding steroid dienone is 2. The van der Waals surface area contributed by atoms with E-state index < -0.39 is 11.2 Å². The first-order chi connectivity index (χ1) is 12.3. The fraction of sp³-hybridized carbons (Fsp3) is 0.545. The predicted molar refractivity (Wildman–Crippen MR) is 109 cm³/mol. The quantitative estimate of drug-likeness (QED) is 0.636. The molecule has 1 aliphatic heterocycles. The van der Waals surface area contributed by atoms with Gasteiger partial charge < -0.3 is 10.4 Å². The zero-order valence-electron chi connectivity index (χ0n) is 16.9. The lowest BCUT2D eigenvalue weighted by Crippen LogP contribution is -2.50. The van der Waals surface area contributed by atoms with E-state index >= 15 is 0 Å². The third-order valence-electron chi connectivity index (χ3n) is 5.52. The minimum Gasteiger partial charge on any atom is -0.387 e. The van der Waals surface area contributed by atoms with Gasteiger partial charge in [-0.3, -0.25) is 10.3 Å². The summed E-state index contributed by atoms with van der Waals surface area (Å²) in [4.78, 5) is 5.95. The molecule has 0 spiro atoms. The van der Waals surface area contributed by atoms with Crippen molar-refractivity contribution in [2.24, 2.45) is 0 Å². The molecule has 4 nitrogen and oxygen atoms in total. The zero-order chi connectivity index (χ0) is 19.2. The summed E-state index contributed by atoms with van der Waals surface area (Å²) in [6.45, 7) is 11.6. The minimum absolute atomic E-state index is 0.673. The molecule has 1 aromatic rings. The second kappa shape index (κ2) is 8.85. The van der Waals surface area contributed by atoms with Crippen LogP contribution < -0.4 is 10.8 Å². The molecule has 0 saturated carbocycles. The van der Waals surface area contributed by atoms with Gasteiger partial charge in [-0.25, -0.2) is 0 Å². The molecule has 1 aromatic carbocycles. The fourth-order valence-electron chi connectivity index (χ4n) is 2.96. The van der Waals surface area contributed by atoms with Crippen LogP contribution in [0.25, 0.3) is 0 Å². The van der Waals surface area contributed by atoms with Crippen molar-refractivity contribution < 1.29 is 9.94 Å². The molecule has 4 heteroatoms. The molecule has 144 valence electrons. The second-order valence-corrected chi connectivity index (χ2v) is 7.79. The van der Waals surface area contributed by atoms with Gasteiger partial charge in [0, 0.05) is 6.54 Å². The SMILES string of the molecule is CCC(C)(ONc1cccc(CC2=C/CCNC\C=C\2)c1C)C(C)(C)O. The van der Waals surface area contributed by atoms with Crippen molar-refractivity contribution in [3.8, 4) is 0 Å². The van der Waals surface area contributed by atoms with E-state index in [0.717, 1.165) is 31.6 Å². The van der Waals surface area contributed by atoms with Crippen LogP contribution in [0.15, 0.2) is 42.0 Å². The second-order valence-electron chi connectivity index (χ2n) is 7.79. The van der Waals surface area contributed by atoms with Gasteiger partial charge in [0.1, 0.15) is 5.60 Å². The largest absolute Gasteiger partial charge is 0.387 e. The summed E-state index contributed by atoms with van der Waals surface area (Å²) >= 11 is 0. The van der Waals surface area contributed by atoms with E-state index in [2.05, 4.69) is 48.1 Å². The number of nitrogens with one attached hydrogen (secondary N) is 2. The number of aliphatic hydroxyl groups is 1. The van der Waals surface area contributed by atoms with Crippen molar-refractivity contribution in [3.05, 3.63) is 53.1 Å². The fourth-order valence-corrected chi connectivity index (χ4v) is 2.96. The van der Waals surface area contributed by atoms with Crippen molar-refractivity contribution in [3.63, 3.8) is 0 Å². The highest BCUT2D eigenvalue weighted by Crippen LogP contribution is 2.30. The maximum Gasteiger partial charge on any atom is 0.121 e. The van der Waals surface area contributed by atoms with E-state index in [0.29, 0.717) is 6.42 Å². The van der Waals surface area contributed by atoms with Crippen LogP contribution in [0, 0.1) is 6.92 Å². The Kier molecular flexibility index (Phi) is 7.04. The molecule has 0 aliphatic carbocycles. The van der Waals surface area contributed by atoms with E-state index in [9.17, 15) is 5.11 Å². The van der Waals surface area contributed by atoms with Crippen LogP contribution in [-0.2, 0) is 11.3 Å². The predicted octanol–water partition coefficient (Wildman–Crippen LogP) is 4.30. The summed E-state index contributed by atoms with van der Waals surface area (Å²) in [7, 11) is 0. The molecule has 0 fully saturated rings. The average molecular weight is 359 g/mol. The Morgan fingerprint density at radius 2 is 2.04 bits per heavy atom. The van der Waals surface area contributed by atoms with Gasteiger partial charge in [0.2, 0.25) is 0 Å². The number of anilines is 1. The molecule has 2 rings (SSSR count). The Morgan fingerprint density at radius 1 is 1.27 bits per heavy atom. The first-order valence-corrected chi connectivity index (χ1v) is 9.58. The molecule has 1 atom stereocenters. The molecule has 0 amide bonds. The lowest BCUT2D eigenvalue weighted by Gasteiger charge is -2.39. The topological polar surface area (TPSA) is 53.5 Å². The van der Waals surface area contributed by atoms with Gasteiger partial charge in [-0.2, -0.15) is 0 Å². The van der Waals surface area contributed by atoms with Gasteiger partial charge in [-0.15, -0.1) is 0 Å². The standard InChI is InChI=1S/C22H34N2O2/c1-6-22(5,21(3,4)25)26-24-20-13-7-12-19(17(20)2)16-18-10-8-14-23-15-9-11-18/h7-8,10-13,23-25H,6,9,14-16H2,1-5H3/b10-8+,18-11+. The van der Waals surface area contributed by atoms with Crippen LogP contribution in [0.3, 0.4) is 0 Å². The van der Waals surface area contributed by atoms with Crippen molar-refractivity contribution in [2.45, 2.75) is 65.1 Å². The van der Waals surface area contributed by atoms with Crippen molar-refractivity contribution in [1.82, 2.24) is 5.32 Å². The van der Waals surface area contributed by atoms with E-state index in [1.807, 2.05) is 19.9 Å². The highest BCUT2D eigenvalue weighted by atomic mass is 16.7. The first-order valence-electron chi connectivity index (χ1n) is 9.58. The molecule has 0 saturated heterocycles. The number of hydrogen-bond donors (Lipinski definition) is 3. The Hall–Kier alpha value is -1.62. The van der Waals surface area contributed by atoms with E-state index in [4.69, 9.17) is 4.84 Å². The van der Waals surface area contributed by atoms with Gasteiger partial charge in [0.25, 0.3) is 0 Å². The van der Waals surface area contributed by atoms with Crippen LogP contribution in [0.5, 0.6) is 0 Å². The van der Waals surface area contributed by atoms with Crippen LogP contribution in [0.2, 0.25) is 0 Å². The number of hydrogen-bond acceptors (Lipinski definition) is 4. The van der Waals surface area contributed by atoms with Gasteiger partial charge >= 0.3 is 0 Å². The van der Waals surface area contributed by atoms with E-state index in [1.165, 1.54) is 16.7 Å². The Morgan fingerprint density at radius 3 is 2.73 bits per heavy atom. The molecule has 1 unspecified atom stereocenters. The van der Waals surface area contributed by atoms with E-state index in [1.54, 1.807) is 13.8 Å². The highest BCUT2D eigenvalue weighted by molar-refractivity contribution is 5.54. The number of benzene rings is 1. The van der Waals surface area contributed by atoms with Crippen molar-refractivity contribution >= 4 is 5.69 Å². The van der Waals surface area contributed by atoms with Crippen LogP contribution in [0.1, 0.15) is 51.7 Å². The van der Waals surface area contributed by atoms with Gasteiger partial charge in [-0.05, 0) is 76.3 Å². The normalized spacial score (nSPS) is 21.1. The maximum atomic E-state index is 10.4. The van der Waals surface area contributed by atoms with Crippen LogP contribution in [-0.4, -0.2) is 29.4 Å². The van der Waals surface area contributed by atoms with Crippen molar-refractivity contribution in [2.75, 3.05) is 18.6 Å². The zero-order valence-corrected chi connectivity index (χ0v) is 16.9. The van der Waals surface area contributed by atoms with Crippen LogP contribution in [0.4, 0.5) is 5.69 Å². The first kappa shape index (κ1) is 20.7. The molecular weight excluding hydrogens is 324 g/mol. The summed E-state index contributed by atoms with van der Waals surface area (Å²) in [6, 6.07) is 6.24. The molecule has 0 bridgehead atoms. The highest BCUT2D eigenvalue weighted by Gasteiger charge is 2.40. The maximum absolute atomic E-state index is 10.4. The molecule has 3 N–H and O–H groups in total. The smallest absolute Gasteiger partial charge is 0.121 e. The molecule has 26 heavy (non-hydrogen) atoms. The summed E-state index contributed by atoms with van der Waals surface area (Å²) in [5, 5.41) is 13.8. The third-order valence-corrected chi connectivity index (χ3v) is 5.52. The Balaban J connectivity index is 2.13. The molecule has 0 aromatic heterocycles. The summed E-state index contributed by atoms with van der Waals surface area (Å²) in [5.41, 5.74) is 6.24. The Labute approximate surface area is 158 Å². The average Bonchev–Trinajstić information content (AvgIpc) is 2.56. The third kappa shape index (κ3) is 5.19. The van der Waals surface area contributed by atoms with E-state index in [-0.39, 0.29) is 0 Å². The van der Waals surface area contributed by atoms with Crippen molar-refractivity contribution in [1.29, 1.82) is 0 Å². The lowest BCUT2D eigenvalue weighted by molar-refractivity contribution is -0.143. The van der Waals surface area contributed by atoms with Gasteiger partial charge in [0.05, 0.1) is 11.3 Å². The summed E-state index contributed by atoms with van der Waals surface area (Å²) in [5.74, 6) is 0. The minimum atomic E-state index is -0.942. The molecule has 0 radical (unpaired) electrons. The monoisotopic (exact) mass is 358 g/mol.